The van der Waals surface area contributed by atoms with Crippen molar-refractivity contribution < 1.29 is 17.9 Å². The highest BCUT2D eigenvalue weighted by atomic mass is 127. The number of hydrogen-bond acceptors (Lipinski definition) is 5. The Morgan fingerprint density at radius 1 is 1.24 bits per heavy atom. The first-order valence-electron chi connectivity index (χ1n) is 9.85. The minimum Gasteiger partial charge on any atom is -0.380 e. The molecule has 1 fully saturated rings. The van der Waals surface area contributed by atoms with Gasteiger partial charge in [-0.15, -0.1) is 24.0 Å². The van der Waals surface area contributed by atoms with Crippen LogP contribution in [0.5, 0.6) is 0 Å². The second-order valence-corrected chi connectivity index (χ2v) is 8.22. The highest BCUT2D eigenvalue weighted by Gasteiger charge is 2.20. The molecule has 166 valence electrons. The van der Waals surface area contributed by atoms with Crippen molar-refractivity contribution in [1.29, 1.82) is 0 Å². The van der Waals surface area contributed by atoms with E-state index in [2.05, 4.69) is 20.3 Å². The van der Waals surface area contributed by atoms with Crippen LogP contribution < -0.4 is 15.4 Å². The molecule has 3 N–H and O–H groups in total. The Balaban J connectivity index is 0.00000420. The lowest BCUT2D eigenvalue weighted by atomic mass is 10.2. The van der Waals surface area contributed by atoms with Crippen LogP contribution in [0.4, 0.5) is 0 Å². The minimum atomic E-state index is -3.53. The Kier molecular flexibility index (Phi) is 12.7. The van der Waals surface area contributed by atoms with Crippen LogP contribution >= 0.6 is 24.0 Å². The fraction of sp³-hybridized carbons (Fsp3) is 0.632. The zero-order valence-corrected chi connectivity index (χ0v) is 20.3. The molecule has 1 aromatic carbocycles. The summed E-state index contributed by atoms with van der Waals surface area (Å²) in [6.07, 6.45) is 1.85. The van der Waals surface area contributed by atoms with E-state index in [0.717, 1.165) is 24.9 Å². The molecule has 1 aromatic rings. The van der Waals surface area contributed by atoms with Gasteiger partial charge in [0.05, 0.1) is 24.2 Å². The van der Waals surface area contributed by atoms with Gasteiger partial charge < -0.3 is 20.1 Å². The smallest absolute Gasteiger partial charge is 0.240 e. The van der Waals surface area contributed by atoms with Crippen LogP contribution in [0.15, 0.2) is 34.2 Å². The lowest BCUT2D eigenvalue weighted by Gasteiger charge is -2.12. The van der Waals surface area contributed by atoms with E-state index in [1.54, 1.807) is 24.3 Å². The van der Waals surface area contributed by atoms with Gasteiger partial charge in [0.2, 0.25) is 10.0 Å². The number of rotatable bonds is 11. The van der Waals surface area contributed by atoms with Crippen LogP contribution in [0.2, 0.25) is 0 Å². The van der Waals surface area contributed by atoms with Crippen LogP contribution in [-0.2, 0) is 26.0 Å². The van der Waals surface area contributed by atoms with Crippen LogP contribution in [0, 0.1) is 0 Å². The lowest BCUT2D eigenvalue weighted by Crippen LogP contribution is -2.39. The normalized spacial score (nSPS) is 17.0. The molecule has 29 heavy (non-hydrogen) atoms. The van der Waals surface area contributed by atoms with Gasteiger partial charge in [0.15, 0.2) is 5.96 Å². The second kappa shape index (κ2) is 14.1. The van der Waals surface area contributed by atoms with Gasteiger partial charge in [-0.2, -0.15) is 0 Å². The van der Waals surface area contributed by atoms with E-state index in [4.69, 9.17) is 9.47 Å². The summed E-state index contributed by atoms with van der Waals surface area (Å²) in [4.78, 5) is 4.77. The largest absolute Gasteiger partial charge is 0.380 e. The Morgan fingerprint density at radius 3 is 2.62 bits per heavy atom. The summed E-state index contributed by atoms with van der Waals surface area (Å²) in [5.74, 6) is 0.706. The van der Waals surface area contributed by atoms with Crippen molar-refractivity contribution in [3.8, 4) is 0 Å². The molecule has 1 aliphatic rings. The van der Waals surface area contributed by atoms with Crippen LogP contribution in [-0.4, -0.2) is 59.9 Å². The molecule has 0 bridgehead atoms. The summed E-state index contributed by atoms with van der Waals surface area (Å²) in [5, 5.41) is 6.38. The molecule has 0 radical (unpaired) electrons. The predicted molar refractivity (Wildman–Crippen MR) is 125 cm³/mol. The number of hydrogen-bond donors (Lipinski definition) is 3. The third-order valence-corrected chi connectivity index (χ3v) is 5.71. The van der Waals surface area contributed by atoms with Crippen molar-refractivity contribution >= 4 is 40.0 Å². The minimum absolute atomic E-state index is 0. The molecule has 10 heteroatoms. The van der Waals surface area contributed by atoms with E-state index in [0.29, 0.717) is 45.4 Å². The van der Waals surface area contributed by atoms with Gasteiger partial charge in [0.25, 0.3) is 0 Å². The van der Waals surface area contributed by atoms with E-state index in [1.807, 2.05) is 13.8 Å². The molecule has 2 rings (SSSR count). The number of nitrogens with one attached hydrogen (secondary N) is 3. The SMILES string of the molecule is CCNC(=NCc1ccc(S(=O)(=O)NCC2CCCO2)cc1)NCCOCC.I. The third-order valence-electron chi connectivity index (χ3n) is 4.27. The summed E-state index contributed by atoms with van der Waals surface area (Å²) in [7, 11) is -3.53. The summed E-state index contributed by atoms with van der Waals surface area (Å²) in [6.45, 7) is 8.17. The zero-order chi connectivity index (χ0) is 20.2. The second-order valence-electron chi connectivity index (χ2n) is 6.45. The fourth-order valence-corrected chi connectivity index (χ4v) is 3.83. The van der Waals surface area contributed by atoms with Crippen molar-refractivity contribution in [2.45, 2.75) is 44.2 Å². The maximum Gasteiger partial charge on any atom is 0.240 e. The molecule has 1 heterocycles. The molecule has 0 aliphatic carbocycles. The summed E-state index contributed by atoms with van der Waals surface area (Å²) < 4.78 is 38.2. The topological polar surface area (TPSA) is 101 Å². The summed E-state index contributed by atoms with van der Waals surface area (Å²) in [5.41, 5.74) is 0.931. The highest BCUT2D eigenvalue weighted by Crippen LogP contribution is 2.14. The highest BCUT2D eigenvalue weighted by molar-refractivity contribution is 14.0. The number of aliphatic imine (C=N–C) groups is 1. The first-order chi connectivity index (χ1) is 13.5. The standard InChI is InChI=1S/C19H32N4O4S.HI/c1-3-20-19(21-11-13-26-4-2)22-14-16-7-9-18(10-8-16)28(24,25)23-15-17-6-5-12-27-17;/h7-10,17,23H,3-6,11-15H2,1-2H3,(H2,20,21,22);1H. The first kappa shape index (κ1) is 26.1. The first-order valence-corrected chi connectivity index (χ1v) is 11.3. The van der Waals surface area contributed by atoms with Crippen molar-refractivity contribution in [3.63, 3.8) is 0 Å². The van der Waals surface area contributed by atoms with E-state index >= 15 is 0 Å². The predicted octanol–water partition coefficient (Wildman–Crippen LogP) is 1.85. The zero-order valence-electron chi connectivity index (χ0n) is 17.1. The molecule has 0 saturated carbocycles. The van der Waals surface area contributed by atoms with Gasteiger partial charge in [-0.05, 0) is 44.4 Å². The number of ether oxygens (including phenoxy) is 2. The van der Waals surface area contributed by atoms with Crippen LogP contribution in [0.3, 0.4) is 0 Å². The summed E-state index contributed by atoms with van der Waals surface area (Å²) >= 11 is 0. The fourth-order valence-electron chi connectivity index (χ4n) is 2.76. The molecule has 0 aromatic heterocycles. The van der Waals surface area contributed by atoms with Crippen LogP contribution in [0.25, 0.3) is 0 Å². The third kappa shape index (κ3) is 9.60. The van der Waals surface area contributed by atoms with Gasteiger partial charge >= 0.3 is 0 Å². The van der Waals surface area contributed by atoms with Gasteiger partial charge in [-0.3, -0.25) is 0 Å². The number of benzene rings is 1. The van der Waals surface area contributed by atoms with Crippen molar-refractivity contribution in [3.05, 3.63) is 29.8 Å². The van der Waals surface area contributed by atoms with Crippen LogP contribution in [0.1, 0.15) is 32.3 Å². The Bertz CT molecular complexity index is 707. The Hall–Kier alpha value is -0.950. The molecule has 8 nitrogen and oxygen atoms in total. The molecule has 1 atom stereocenters. The maximum atomic E-state index is 12.4. The molecule has 0 spiro atoms. The summed E-state index contributed by atoms with van der Waals surface area (Å²) in [6, 6.07) is 6.79. The average Bonchev–Trinajstić information content (AvgIpc) is 3.22. The molecular formula is C19H33IN4O4S. The lowest BCUT2D eigenvalue weighted by molar-refractivity contribution is 0.114. The van der Waals surface area contributed by atoms with Gasteiger partial charge in [-0.1, -0.05) is 12.1 Å². The monoisotopic (exact) mass is 540 g/mol. The molecular weight excluding hydrogens is 507 g/mol. The number of halogens is 1. The van der Waals surface area contributed by atoms with E-state index in [1.165, 1.54) is 0 Å². The Morgan fingerprint density at radius 2 is 2.00 bits per heavy atom. The molecule has 0 amide bonds. The van der Waals surface area contributed by atoms with Gasteiger partial charge in [-0.25, -0.2) is 18.1 Å². The molecule has 1 aliphatic heterocycles. The van der Waals surface area contributed by atoms with Crippen molar-refractivity contribution in [2.24, 2.45) is 4.99 Å². The number of sulfonamides is 1. The molecule has 1 unspecified atom stereocenters. The van der Waals surface area contributed by atoms with E-state index in [-0.39, 0.29) is 35.0 Å². The Labute approximate surface area is 191 Å². The van der Waals surface area contributed by atoms with Crippen molar-refractivity contribution in [2.75, 3.05) is 39.5 Å². The average molecular weight is 540 g/mol. The van der Waals surface area contributed by atoms with Gasteiger partial charge in [0.1, 0.15) is 0 Å². The maximum absolute atomic E-state index is 12.4. The number of guanidine groups is 1. The van der Waals surface area contributed by atoms with E-state index in [9.17, 15) is 8.42 Å². The van der Waals surface area contributed by atoms with Crippen molar-refractivity contribution in [1.82, 2.24) is 15.4 Å². The molecule has 1 saturated heterocycles. The van der Waals surface area contributed by atoms with Gasteiger partial charge in [0, 0.05) is 32.8 Å². The van der Waals surface area contributed by atoms with E-state index < -0.39 is 10.0 Å². The quantitative estimate of drug-likeness (QED) is 0.172. The number of nitrogens with zero attached hydrogens (tertiary/aromatic N) is 1.